The van der Waals surface area contributed by atoms with Crippen molar-refractivity contribution in [1.82, 2.24) is 0 Å². The van der Waals surface area contributed by atoms with Gasteiger partial charge in [-0.05, 0) is 12.2 Å². The van der Waals surface area contributed by atoms with Gasteiger partial charge in [0.25, 0.3) is 0 Å². The Balaban J connectivity index is 2.33. The van der Waals surface area contributed by atoms with E-state index in [1.54, 1.807) is 11.8 Å². The van der Waals surface area contributed by atoms with Crippen LogP contribution in [0.3, 0.4) is 0 Å². The molecule has 0 aromatic rings. The third-order valence-corrected chi connectivity index (χ3v) is 2.44. The first-order valence-electron chi connectivity index (χ1n) is 2.73. The molecule has 0 radical (unpaired) electrons. The third kappa shape index (κ3) is 1.65. The van der Waals surface area contributed by atoms with Crippen molar-refractivity contribution in [2.45, 2.75) is 18.6 Å². The van der Waals surface area contributed by atoms with Gasteiger partial charge in [-0.1, -0.05) is 0 Å². The smallest absolute Gasteiger partial charge is 0.171 e. The SMILES string of the molecule is OC1(O)CCCSC1. The molecule has 2 nitrogen and oxygen atoms in total. The fourth-order valence-corrected chi connectivity index (χ4v) is 1.73. The molecule has 0 saturated carbocycles. The van der Waals surface area contributed by atoms with Crippen LogP contribution in [0.15, 0.2) is 0 Å². The van der Waals surface area contributed by atoms with Gasteiger partial charge in [-0.3, -0.25) is 0 Å². The lowest BCUT2D eigenvalue weighted by atomic mass is 10.2. The molecule has 0 unspecified atom stereocenters. The van der Waals surface area contributed by atoms with E-state index in [0.717, 1.165) is 12.2 Å². The maximum absolute atomic E-state index is 8.91. The van der Waals surface area contributed by atoms with Crippen molar-refractivity contribution in [3.05, 3.63) is 0 Å². The molecule has 8 heavy (non-hydrogen) atoms. The zero-order chi connectivity index (χ0) is 6.04. The highest BCUT2D eigenvalue weighted by atomic mass is 32.2. The molecule has 0 aromatic carbocycles. The Kier molecular flexibility index (Phi) is 1.80. The normalized spacial score (nSPS) is 27.8. The van der Waals surface area contributed by atoms with Crippen LogP contribution in [-0.4, -0.2) is 27.5 Å². The molecule has 1 rings (SSSR count). The average Bonchev–Trinajstić information content (AvgIpc) is 1.65. The molecule has 0 spiro atoms. The lowest BCUT2D eigenvalue weighted by Gasteiger charge is -2.25. The molecule has 48 valence electrons. The van der Waals surface area contributed by atoms with E-state index in [-0.39, 0.29) is 0 Å². The van der Waals surface area contributed by atoms with Crippen LogP contribution in [0.4, 0.5) is 0 Å². The molecule has 1 saturated heterocycles. The third-order valence-electron chi connectivity index (χ3n) is 1.20. The predicted octanol–water partition coefficient (Wildman–Crippen LogP) is 0.194. The Hall–Kier alpha value is 0.270. The summed E-state index contributed by atoms with van der Waals surface area (Å²) >= 11 is 1.60. The second-order valence-electron chi connectivity index (χ2n) is 2.14. The van der Waals surface area contributed by atoms with E-state index in [0.29, 0.717) is 12.2 Å². The second-order valence-corrected chi connectivity index (χ2v) is 3.24. The van der Waals surface area contributed by atoms with Crippen LogP contribution in [0, 0.1) is 0 Å². The Labute approximate surface area is 52.9 Å². The fraction of sp³-hybridized carbons (Fsp3) is 1.00. The summed E-state index contributed by atoms with van der Waals surface area (Å²) in [5, 5.41) is 17.8. The van der Waals surface area contributed by atoms with Gasteiger partial charge in [0.1, 0.15) is 0 Å². The van der Waals surface area contributed by atoms with Crippen LogP contribution in [0.5, 0.6) is 0 Å². The molecule has 0 bridgehead atoms. The van der Waals surface area contributed by atoms with Crippen molar-refractivity contribution in [2.24, 2.45) is 0 Å². The van der Waals surface area contributed by atoms with E-state index in [1.165, 1.54) is 0 Å². The molecule has 0 atom stereocenters. The van der Waals surface area contributed by atoms with E-state index >= 15 is 0 Å². The minimum absolute atomic E-state index is 0.479. The lowest BCUT2D eigenvalue weighted by molar-refractivity contribution is -0.146. The van der Waals surface area contributed by atoms with E-state index in [9.17, 15) is 0 Å². The van der Waals surface area contributed by atoms with Gasteiger partial charge in [-0.15, -0.1) is 0 Å². The molecule has 1 aliphatic rings. The molecule has 1 heterocycles. The molecule has 0 aliphatic carbocycles. The number of thioether (sulfide) groups is 1. The maximum Gasteiger partial charge on any atom is 0.171 e. The zero-order valence-corrected chi connectivity index (χ0v) is 5.45. The summed E-state index contributed by atoms with van der Waals surface area (Å²) in [4.78, 5) is 0. The van der Waals surface area contributed by atoms with Gasteiger partial charge in [-0.2, -0.15) is 11.8 Å². The highest BCUT2D eigenvalue weighted by Crippen LogP contribution is 2.23. The minimum atomic E-state index is -1.36. The van der Waals surface area contributed by atoms with Gasteiger partial charge in [0.2, 0.25) is 0 Å². The van der Waals surface area contributed by atoms with E-state index in [2.05, 4.69) is 0 Å². The highest BCUT2D eigenvalue weighted by molar-refractivity contribution is 7.99. The number of aliphatic hydroxyl groups is 2. The Morgan fingerprint density at radius 1 is 1.38 bits per heavy atom. The van der Waals surface area contributed by atoms with Gasteiger partial charge in [0.15, 0.2) is 5.79 Å². The van der Waals surface area contributed by atoms with Crippen LogP contribution in [0.2, 0.25) is 0 Å². The topological polar surface area (TPSA) is 40.5 Å². The number of rotatable bonds is 0. The van der Waals surface area contributed by atoms with Crippen LogP contribution < -0.4 is 0 Å². The first kappa shape index (κ1) is 6.39. The summed E-state index contributed by atoms with van der Waals surface area (Å²) < 4.78 is 0. The van der Waals surface area contributed by atoms with Crippen molar-refractivity contribution in [2.75, 3.05) is 11.5 Å². The maximum atomic E-state index is 8.91. The summed E-state index contributed by atoms with van der Waals surface area (Å²) in [7, 11) is 0. The molecule has 2 N–H and O–H groups in total. The molecule has 1 aliphatic heterocycles. The Morgan fingerprint density at radius 3 is 2.38 bits per heavy atom. The first-order valence-corrected chi connectivity index (χ1v) is 3.89. The molecular weight excluding hydrogens is 124 g/mol. The summed E-state index contributed by atoms with van der Waals surface area (Å²) in [6.45, 7) is 0. The van der Waals surface area contributed by atoms with Crippen molar-refractivity contribution in [1.29, 1.82) is 0 Å². The summed E-state index contributed by atoms with van der Waals surface area (Å²) in [6, 6.07) is 0. The van der Waals surface area contributed by atoms with Gasteiger partial charge < -0.3 is 10.2 Å². The molecule has 0 amide bonds. The molecule has 0 aromatic heterocycles. The Morgan fingerprint density at radius 2 is 2.12 bits per heavy atom. The molecule has 3 heteroatoms. The van der Waals surface area contributed by atoms with Crippen LogP contribution in [0.25, 0.3) is 0 Å². The number of hydrogen-bond donors (Lipinski definition) is 2. The zero-order valence-electron chi connectivity index (χ0n) is 4.63. The van der Waals surface area contributed by atoms with Crippen molar-refractivity contribution >= 4 is 11.8 Å². The quantitative estimate of drug-likeness (QED) is 0.465. The van der Waals surface area contributed by atoms with Crippen LogP contribution in [-0.2, 0) is 0 Å². The van der Waals surface area contributed by atoms with E-state index in [1.807, 2.05) is 0 Å². The second kappa shape index (κ2) is 2.25. The van der Waals surface area contributed by atoms with Crippen molar-refractivity contribution in [3.63, 3.8) is 0 Å². The van der Waals surface area contributed by atoms with E-state index < -0.39 is 5.79 Å². The summed E-state index contributed by atoms with van der Waals surface area (Å²) in [5.41, 5.74) is 0. The van der Waals surface area contributed by atoms with Crippen LogP contribution in [0.1, 0.15) is 12.8 Å². The van der Waals surface area contributed by atoms with Gasteiger partial charge in [0, 0.05) is 12.2 Å². The largest absolute Gasteiger partial charge is 0.365 e. The Bertz CT molecular complexity index is 74.5. The fourth-order valence-electron chi connectivity index (χ4n) is 0.765. The highest BCUT2D eigenvalue weighted by Gasteiger charge is 2.25. The monoisotopic (exact) mass is 134 g/mol. The van der Waals surface area contributed by atoms with Crippen molar-refractivity contribution in [3.8, 4) is 0 Å². The molecular formula is C5H10O2S. The lowest BCUT2D eigenvalue weighted by Crippen LogP contribution is -2.33. The summed E-state index contributed by atoms with van der Waals surface area (Å²) in [6.07, 6.45) is 1.47. The van der Waals surface area contributed by atoms with Crippen LogP contribution >= 0.6 is 11.8 Å². The predicted molar refractivity (Wildman–Crippen MR) is 33.7 cm³/mol. The average molecular weight is 134 g/mol. The van der Waals surface area contributed by atoms with E-state index in [4.69, 9.17) is 10.2 Å². The van der Waals surface area contributed by atoms with Crippen molar-refractivity contribution < 1.29 is 10.2 Å². The first-order chi connectivity index (χ1) is 3.71. The molecule has 1 fully saturated rings. The van der Waals surface area contributed by atoms with Gasteiger partial charge in [0.05, 0.1) is 0 Å². The summed E-state index contributed by atoms with van der Waals surface area (Å²) in [5.74, 6) is 0.193. The number of hydrogen-bond acceptors (Lipinski definition) is 3. The minimum Gasteiger partial charge on any atom is -0.365 e. The van der Waals surface area contributed by atoms with Gasteiger partial charge >= 0.3 is 0 Å². The standard InChI is InChI=1S/C5H10O2S/c6-5(7)2-1-3-8-4-5/h6-7H,1-4H2. The van der Waals surface area contributed by atoms with Gasteiger partial charge in [-0.25, -0.2) is 0 Å².